The number of halogens is 4. The Morgan fingerprint density at radius 1 is 0.667 bits per heavy atom. The van der Waals surface area contributed by atoms with Crippen molar-refractivity contribution in [3.05, 3.63) is 55.8 Å². The highest BCUT2D eigenvalue weighted by Gasteiger charge is 2.61. The van der Waals surface area contributed by atoms with Crippen LogP contribution in [0.1, 0.15) is 12.5 Å². The highest BCUT2D eigenvalue weighted by molar-refractivity contribution is 7.67. The third-order valence-corrected chi connectivity index (χ3v) is 14.2. The van der Waals surface area contributed by atoms with Crippen LogP contribution in [0.2, 0.25) is 0 Å². The minimum atomic E-state index is -5.84. The van der Waals surface area contributed by atoms with Crippen LogP contribution >= 0.6 is 46.9 Å². The fourth-order valence-corrected chi connectivity index (χ4v) is 10.4. The average molecular weight is 1010 g/mol. The first kappa shape index (κ1) is 52.1. The highest BCUT2D eigenvalue weighted by Crippen LogP contribution is 2.67. The zero-order valence-electron chi connectivity index (χ0n) is 28.2. The number of aliphatic hydroxyl groups excluding tert-OH is 2. The largest absolute Gasteiger partial charge is 0.490 e. The van der Waals surface area contributed by atoms with E-state index in [1.807, 2.05) is 0 Å². The molecule has 4 heterocycles. The van der Waals surface area contributed by atoms with E-state index in [-0.39, 0.29) is 15.0 Å². The van der Waals surface area contributed by atoms with E-state index in [0.717, 1.165) is 12.3 Å². The summed E-state index contributed by atoms with van der Waals surface area (Å²) in [4.78, 5) is 110. The molecule has 13 N–H and O–H groups in total. The van der Waals surface area contributed by atoms with Crippen molar-refractivity contribution in [3.8, 4) is 0 Å². The molecule has 0 aromatic carbocycles. The van der Waals surface area contributed by atoms with Gasteiger partial charge in [-0.15, -0.1) is 0 Å². The molecule has 0 amide bonds. The maximum absolute atomic E-state index is 14.3. The van der Waals surface area contributed by atoms with E-state index in [1.165, 1.54) is 0 Å². The van der Waals surface area contributed by atoms with E-state index in [9.17, 15) is 79.3 Å². The number of phosphoric ester groups is 2. The van der Waals surface area contributed by atoms with Crippen LogP contribution < -0.4 is 22.7 Å². The summed E-state index contributed by atoms with van der Waals surface area (Å²) in [6, 6.07) is 1.68. The molecule has 10 atom stereocenters. The lowest BCUT2D eigenvalue weighted by Gasteiger charge is -2.20. The Bertz CT molecular complexity index is 2370. The molecule has 4 rings (SSSR count). The molecule has 2 aliphatic heterocycles. The van der Waals surface area contributed by atoms with Gasteiger partial charge in [-0.3, -0.25) is 28.0 Å². The number of aromatic amines is 1. The first-order valence-electron chi connectivity index (χ1n) is 14.5. The SMILES string of the molecule is Nc1ccn([C@@H]2O[C@H](COP(=O)(O)OP(=O)(O)OP(=O)(O)O)[C@@H](O)C2(F)F)c(=O)n1.O=c1ccn([C@@H]2O[C@H](COP(=O)(O)OP(=O)(O)OP(=O)(O)O)[C@@H](O)C2(F)F)c(=O)[nH]1. The number of hydrogen-bond acceptors (Lipinski definition) is 21. The van der Waals surface area contributed by atoms with E-state index in [4.69, 9.17) is 44.6 Å². The summed E-state index contributed by atoms with van der Waals surface area (Å²) >= 11 is 0. The van der Waals surface area contributed by atoms with Gasteiger partial charge in [0.25, 0.3) is 5.56 Å². The Morgan fingerprint density at radius 3 is 1.42 bits per heavy atom. The molecule has 2 aromatic heterocycles. The molecular weight excluding hydrogens is 980 g/mol. The Labute approximate surface area is 325 Å². The number of nitrogens with two attached hydrogens (primary N) is 1. The number of nitrogens with one attached hydrogen (secondary N) is 1. The minimum absolute atomic E-state index is 0.218. The second-order valence-electron chi connectivity index (χ2n) is 11.1. The maximum Gasteiger partial charge on any atom is 0.490 e. The summed E-state index contributed by atoms with van der Waals surface area (Å²) in [5.74, 6) is -8.60. The number of aliphatic hydroxyl groups is 2. The van der Waals surface area contributed by atoms with Crippen LogP contribution in [0.3, 0.4) is 0 Å². The van der Waals surface area contributed by atoms with Gasteiger partial charge in [0.05, 0.1) is 13.2 Å². The number of hydrogen-bond donors (Lipinski definition) is 12. The lowest BCUT2D eigenvalue weighted by molar-refractivity contribution is -0.141. The zero-order chi connectivity index (χ0) is 46.2. The molecule has 0 bridgehead atoms. The molecule has 344 valence electrons. The van der Waals surface area contributed by atoms with Gasteiger partial charge >= 0.3 is 70.2 Å². The molecular formula is C18H27F4N5O27P6. The molecule has 32 nitrogen and oxygen atoms in total. The molecule has 2 fully saturated rings. The first-order valence-corrected chi connectivity index (χ1v) is 23.6. The molecule has 0 spiro atoms. The lowest BCUT2D eigenvalue weighted by Crippen LogP contribution is -2.42. The van der Waals surface area contributed by atoms with E-state index in [2.05, 4.69) is 31.3 Å². The Balaban J connectivity index is 0.000000320. The standard InChI is InChI=1S/C9H14F2N3O13P3.C9H13F2N2O14P3/c10-9(11)6(15)4(25-7(9)14-2-1-5(12)13-8(14)16)3-24-29(20,21)27-30(22,23)26-28(17,18)19;10-9(11)6(15)4(25-7(9)13-2-1-5(14)12-8(13)16)3-24-29(20,21)27-30(22,23)26-28(17,18)19/h1-2,4,6-7,15H,3H2,(H,20,21)(H,22,23)(H2,12,13,16)(H2,17,18,19);1-2,4,6-7,15H,3H2,(H,20,21)(H,22,23)(H,12,14,16)(H2,17,18,19)/t2*4-,6-,7-/m11/s1. The van der Waals surface area contributed by atoms with Crippen molar-refractivity contribution in [1.29, 1.82) is 0 Å². The molecule has 2 aliphatic rings. The van der Waals surface area contributed by atoms with Crippen LogP contribution in [0.25, 0.3) is 0 Å². The Morgan fingerprint density at radius 2 is 1.05 bits per heavy atom. The van der Waals surface area contributed by atoms with Crippen molar-refractivity contribution in [3.63, 3.8) is 0 Å². The number of H-pyrrole nitrogens is 1. The number of rotatable bonds is 16. The molecule has 60 heavy (non-hydrogen) atoms. The van der Waals surface area contributed by atoms with Gasteiger partial charge in [0.15, 0.2) is 12.2 Å². The van der Waals surface area contributed by atoms with Gasteiger partial charge in [-0.05, 0) is 6.07 Å². The first-order chi connectivity index (χ1) is 26.9. The molecule has 4 unspecified atom stereocenters. The number of alkyl halides is 4. The van der Waals surface area contributed by atoms with Crippen molar-refractivity contribution < 1.29 is 130 Å². The molecule has 2 saturated heterocycles. The number of anilines is 1. The van der Waals surface area contributed by atoms with Gasteiger partial charge in [0.1, 0.15) is 18.0 Å². The van der Waals surface area contributed by atoms with Gasteiger partial charge in [-0.25, -0.2) is 37.0 Å². The quantitative estimate of drug-likeness (QED) is 0.0629. The second-order valence-corrected chi connectivity index (χ2v) is 20.0. The van der Waals surface area contributed by atoms with Gasteiger partial charge in [0, 0.05) is 18.5 Å². The normalized spacial score (nSPS) is 28.0. The number of aromatic nitrogens is 4. The van der Waals surface area contributed by atoms with Gasteiger partial charge < -0.3 is 64.6 Å². The monoisotopic (exact) mass is 1010 g/mol. The van der Waals surface area contributed by atoms with E-state index < -0.39 is 126 Å². The lowest BCUT2D eigenvalue weighted by atomic mass is 10.1. The van der Waals surface area contributed by atoms with Crippen LogP contribution in [-0.4, -0.2) is 118 Å². The molecule has 0 aliphatic carbocycles. The summed E-state index contributed by atoms with van der Waals surface area (Å²) in [6.07, 6.45) is -13.1. The van der Waals surface area contributed by atoms with Gasteiger partial charge in [0.2, 0.25) is 12.5 Å². The fourth-order valence-electron chi connectivity index (χ4n) is 4.37. The van der Waals surface area contributed by atoms with E-state index in [0.29, 0.717) is 12.3 Å². The zero-order valence-corrected chi connectivity index (χ0v) is 33.6. The number of phosphoric acid groups is 6. The smallest absolute Gasteiger partial charge is 0.384 e. The second kappa shape index (κ2) is 18.5. The van der Waals surface area contributed by atoms with Crippen LogP contribution in [0.5, 0.6) is 0 Å². The number of nitrogen functional groups attached to an aromatic ring is 1. The van der Waals surface area contributed by atoms with Crippen molar-refractivity contribution >= 4 is 52.8 Å². The summed E-state index contributed by atoms with van der Waals surface area (Å²) < 4.78 is 156. The van der Waals surface area contributed by atoms with Crippen LogP contribution in [0.15, 0.2) is 38.9 Å². The van der Waals surface area contributed by atoms with Gasteiger partial charge in [-0.2, -0.15) is 39.8 Å². The Kier molecular flexibility index (Phi) is 16.0. The predicted octanol–water partition coefficient (Wildman–Crippen LogP) is -2.16. The van der Waals surface area contributed by atoms with Crippen LogP contribution in [0.4, 0.5) is 23.4 Å². The van der Waals surface area contributed by atoms with Crippen LogP contribution in [0, 0.1) is 0 Å². The third kappa shape index (κ3) is 14.4. The maximum atomic E-state index is 14.3. The van der Waals surface area contributed by atoms with E-state index >= 15 is 0 Å². The molecule has 42 heteroatoms. The topological polar surface area (TPSA) is 494 Å². The van der Waals surface area contributed by atoms with Gasteiger partial charge in [-0.1, -0.05) is 0 Å². The minimum Gasteiger partial charge on any atom is -0.384 e. The summed E-state index contributed by atoms with van der Waals surface area (Å²) in [6.45, 7) is -2.73. The predicted molar refractivity (Wildman–Crippen MR) is 174 cm³/mol. The summed E-state index contributed by atoms with van der Waals surface area (Å²) in [5.41, 5.74) is 1.73. The highest BCUT2D eigenvalue weighted by atomic mass is 31.3. The number of ether oxygens (including phenoxy) is 2. The van der Waals surface area contributed by atoms with Crippen molar-refractivity contribution in [2.24, 2.45) is 0 Å². The average Bonchev–Trinajstić information content (AvgIpc) is 3.38. The summed E-state index contributed by atoms with van der Waals surface area (Å²) in [7, 11) is -34.2. The molecule has 2 aromatic rings. The van der Waals surface area contributed by atoms with Crippen molar-refractivity contribution in [2.45, 2.75) is 48.7 Å². The van der Waals surface area contributed by atoms with Crippen molar-refractivity contribution in [2.75, 3.05) is 18.9 Å². The van der Waals surface area contributed by atoms with E-state index in [1.54, 1.807) is 4.98 Å². The van der Waals surface area contributed by atoms with Crippen LogP contribution in [-0.2, 0) is 63.2 Å². The third-order valence-electron chi connectivity index (χ3n) is 6.60. The molecule has 0 saturated carbocycles. The Hall–Kier alpha value is -2.26. The van der Waals surface area contributed by atoms with Crippen molar-refractivity contribution in [1.82, 2.24) is 19.1 Å². The fraction of sp³-hybridized carbons (Fsp3) is 0.556. The molecule has 0 radical (unpaired) electrons. The number of nitrogens with zero attached hydrogens (tertiary/aromatic N) is 3. The summed E-state index contributed by atoms with van der Waals surface area (Å²) in [5, 5.41) is 19.4.